The van der Waals surface area contributed by atoms with Crippen molar-refractivity contribution in [2.75, 3.05) is 0 Å². The summed E-state index contributed by atoms with van der Waals surface area (Å²) in [6, 6.07) is 0. The average molecular weight is 168 g/mol. The van der Waals surface area contributed by atoms with Crippen LogP contribution in [0, 0.1) is 5.41 Å². The van der Waals surface area contributed by atoms with Gasteiger partial charge >= 0.3 is 0 Å². The lowest BCUT2D eigenvalue weighted by Crippen LogP contribution is -2.40. The maximum Gasteiger partial charge on any atom is 0.0676 e. The van der Waals surface area contributed by atoms with Crippen molar-refractivity contribution in [2.45, 2.75) is 52.6 Å². The minimum atomic E-state index is -0.513. The molecule has 0 saturated heterocycles. The number of aliphatic hydroxyl groups is 1. The Bertz CT molecular complexity index is 199. The van der Waals surface area contributed by atoms with Gasteiger partial charge in [-0.05, 0) is 38.5 Å². The van der Waals surface area contributed by atoms with Crippen molar-refractivity contribution in [3.8, 4) is 0 Å². The molecule has 0 amide bonds. The van der Waals surface area contributed by atoms with E-state index in [1.807, 2.05) is 6.92 Å². The van der Waals surface area contributed by atoms with Crippen LogP contribution in [0.25, 0.3) is 0 Å². The average Bonchev–Trinajstić information content (AvgIpc) is 2.02. The van der Waals surface area contributed by atoms with Crippen LogP contribution in [0.1, 0.15) is 47.0 Å². The van der Waals surface area contributed by atoms with Gasteiger partial charge in [-0.2, -0.15) is 0 Å². The lowest BCUT2D eigenvalue weighted by Gasteiger charge is -2.38. The summed E-state index contributed by atoms with van der Waals surface area (Å²) in [5.74, 6) is 0. The van der Waals surface area contributed by atoms with Crippen LogP contribution in [-0.4, -0.2) is 10.7 Å². The standard InChI is InChI=1S/C11H20O/c1-9-5-7-10(2,3)11(4,12)8-6-9/h5,12H,6-8H2,1-4H3. The zero-order chi connectivity index (χ0) is 9.41. The molecule has 0 radical (unpaired) electrons. The SMILES string of the molecule is CC1=CCC(C)(C)C(C)(O)CC1. The van der Waals surface area contributed by atoms with Crippen molar-refractivity contribution in [3.63, 3.8) is 0 Å². The van der Waals surface area contributed by atoms with E-state index in [-0.39, 0.29) is 5.41 Å². The molecule has 12 heavy (non-hydrogen) atoms. The second-order valence-electron chi connectivity index (χ2n) is 4.91. The first-order valence-corrected chi connectivity index (χ1v) is 4.73. The zero-order valence-electron chi connectivity index (χ0n) is 8.65. The van der Waals surface area contributed by atoms with Crippen LogP contribution in [0.15, 0.2) is 11.6 Å². The van der Waals surface area contributed by atoms with Gasteiger partial charge in [-0.1, -0.05) is 25.5 Å². The molecule has 70 valence electrons. The van der Waals surface area contributed by atoms with Gasteiger partial charge in [-0.15, -0.1) is 0 Å². The van der Waals surface area contributed by atoms with Crippen molar-refractivity contribution in [1.82, 2.24) is 0 Å². The second-order valence-corrected chi connectivity index (χ2v) is 4.91. The summed E-state index contributed by atoms with van der Waals surface area (Å²) >= 11 is 0. The predicted octanol–water partition coefficient (Wildman–Crippen LogP) is 2.89. The Morgan fingerprint density at radius 1 is 1.33 bits per heavy atom. The molecule has 0 aromatic carbocycles. The summed E-state index contributed by atoms with van der Waals surface area (Å²) in [5, 5.41) is 10.2. The quantitative estimate of drug-likeness (QED) is 0.551. The molecular formula is C11H20O. The molecule has 0 saturated carbocycles. The summed E-state index contributed by atoms with van der Waals surface area (Å²) in [6.07, 6.45) is 5.19. The number of allylic oxidation sites excluding steroid dienone is 2. The van der Waals surface area contributed by atoms with Gasteiger partial charge in [0.25, 0.3) is 0 Å². The van der Waals surface area contributed by atoms with Crippen LogP contribution < -0.4 is 0 Å². The van der Waals surface area contributed by atoms with Crippen molar-refractivity contribution >= 4 is 0 Å². The van der Waals surface area contributed by atoms with Crippen LogP contribution in [0.4, 0.5) is 0 Å². The molecule has 0 heterocycles. The molecule has 0 aromatic rings. The molecule has 0 fully saturated rings. The van der Waals surface area contributed by atoms with Crippen LogP contribution in [-0.2, 0) is 0 Å². The van der Waals surface area contributed by atoms with Gasteiger partial charge in [0, 0.05) is 0 Å². The van der Waals surface area contributed by atoms with Crippen LogP contribution in [0.2, 0.25) is 0 Å². The van der Waals surface area contributed by atoms with Crippen molar-refractivity contribution in [2.24, 2.45) is 5.41 Å². The Morgan fingerprint density at radius 3 is 2.50 bits per heavy atom. The van der Waals surface area contributed by atoms with E-state index < -0.39 is 5.60 Å². The largest absolute Gasteiger partial charge is 0.390 e. The number of hydrogen-bond donors (Lipinski definition) is 1. The lowest BCUT2D eigenvalue weighted by atomic mass is 9.73. The maximum absolute atomic E-state index is 10.2. The number of rotatable bonds is 0. The first kappa shape index (κ1) is 9.79. The minimum Gasteiger partial charge on any atom is -0.390 e. The highest BCUT2D eigenvalue weighted by molar-refractivity contribution is 5.08. The van der Waals surface area contributed by atoms with E-state index in [1.165, 1.54) is 5.57 Å². The Morgan fingerprint density at radius 2 is 1.92 bits per heavy atom. The van der Waals surface area contributed by atoms with E-state index in [9.17, 15) is 5.11 Å². The van der Waals surface area contributed by atoms with Gasteiger partial charge in [0.15, 0.2) is 0 Å². The summed E-state index contributed by atoms with van der Waals surface area (Å²) in [6.45, 7) is 8.39. The van der Waals surface area contributed by atoms with Crippen molar-refractivity contribution in [3.05, 3.63) is 11.6 Å². The molecule has 1 nitrogen and oxygen atoms in total. The van der Waals surface area contributed by atoms with E-state index in [0.717, 1.165) is 19.3 Å². The van der Waals surface area contributed by atoms with Gasteiger partial charge in [0.05, 0.1) is 5.60 Å². The molecule has 1 unspecified atom stereocenters. The smallest absolute Gasteiger partial charge is 0.0676 e. The third-order valence-electron chi connectivity index (χ3n) is 3.42. The molecule has 0 aliphatic heterocycles. The Labute approximate surface area is 75.5 Å². The van der Waals surface area contributed by atoms with Gasteiger partial charge in [0.2, 0.25) is 0 Å². The highest BCUT2D eigenvalue weighted by atomic mass is 16.3. The first-order chi connectivity index (χ1) is 5.35. The Kier molecular flexibility index (Phi) is 2.35. The van der Waals surface area contributed by atoms with Gasteiger partial charge in [-0.25, -0.2) is 0 Å². The maximum atomic E-state index is 10.2. The molecule has 1 heteroatoms. The zero-order valence-corrected chi connectivity index (χ0v) is 8.65. The van der Waals surface area contributed by atoms with E-state index in [1.54, 1.807) is 0 Å². The first-order valence-electron chi connectivity index (χ1n) is 4.73. The highest BCUT2D eigenvalue weighted by Crippen LogP contribution is 2.41. The van der Waals surface area contributed by atoms with E-state index >= 15 is 0 Å². The van der Waals surface area contributed by atoms with Crippen LogP contribution in [0.3, 0.4) is 0 Å². The fourth-order valence-corrected chi connectivity index (χ4v) is 1.53. The number of hydrogen-bond acceptors (Lipinski definition) is 1. The molecule has 0 spiro atoms. The molecule has 1 N–H and O–H groups in total. The van der Waals surface area contributed by atoms with Crippen molar-refractivity contribution < 1.29 is 5.11 Å². The Hall–Kier alpha value is -0.300. The molecule has 1 atom stereocenters. The monoisotopic (exact) mass is 168 g/mol. The summed E-state index contributed by atoms with van der Waals surface area (Å²) in [7, 11) is 0. The van der Waals surface area contributed by atoms with Crippen LogP contribution in [0.5, 0.6) is 0 Å². The van der Waals surface area contributed by atoms with Crippen LogP contribution >= 0.6 is 0 Å². The normalized spacial score (nSPS) is 35.6. The van der Waals surface area contributed by atoms with Crippen molar-refractivity contribution in [1.29, 1.82) is 0 Å². The van der Waals surface area contributed by atoms with E-state index in [2.05, 4.69) is 26.8 Å². The summed E-state index contributed by atoms with van der Waals surface area (Å²) in [4.78, 5) is 0. The molecule has 0 aromatic heterocycles. The van der Waals surface area contributed by atoms with Gasteiger partial charge < -0.3 is 5.11 Å². The molecule has 1 rings (SSSR count). The molecular weight excluding hydrogens is 148 g/mol. The summed E-state index contributed by atoms with van der Waals surface area (Å²) < 4.78 is 0. The molecule has 1 aliphatic rings. The Balaban J connectivity index is 2.85. The topological polar surface area (TPSA) is 20.2 Å². The fourth-order valence-electron chi connectivity index (χ4n) is 1.53. The second kappa shape index (κ2) is 2.88. The van der Waals surface area contributed by atoms with Gasteiger partial charge in [-0.3, -0.25) is 0 Å². The predicted molar refractivity (Wildman–Crippen MR) is 52.0 cm³/mol. The van der Waals surface area contributed by atoms with E-state index in [4.69, 9.17) is 0 Å². The third-order valence-corrected chi connectivity index (χ3v) is 3.42. The molecule has 1 aliphatic carbocycles. The highest BCUT2D eigenvalue weighted by Gasteiger charge is 2.39. The van der Waals surface area contributed by atoms with Gasteiger partial charge in [0.1, 0.15) is 0 Å². The molecule has 0 bridgehead atoms. The van der Waals surface area contributed by atoms with E-state index in [0.29, 0.717) is 0 Å². The summed E-state index contributed by atoms with van der Waals surface area (Å²) in [5.41, 5.74) is 0.923. The fraction of sp³-hybridized carbons (Fsp3) is 0.818. The lowest BCUT2D eigenvalue weighted by molar-refractivity contribution is -0.0534. The minimum absolute atomic E-state index is 0.0186. The third kappa shape index (κ3) is 1.71.